The number of carboxylic acid groups (broad SMARTS) is 1. The monoisotopic (exact) mass is 265 g/mol. The van der Waals surface area contributed by atoms with Crippen LogP contribution in [0.5, 0.6) is 0 Å². The summed E-state index contributed by atoms with van der Waals surface area (Å²) in [6.45, 7) is 6.18. The van der Waals surface area contributed by atoms with E-state index in [1.54, 1.807) is 12.3 Å². The fourth-order valence-corrected chi connectivity index (χ4v) is 1.69. The molecule has 1 rings (SSSR count). The van der Waals surface area contributed by atoms with Crippen LogP contribution in [0.25, 0.3) is 0 Å². The molecule has 0 radical (unpaired) electrons. The van der Waals surface area contributed by atoms with E-state index in [2.05, 4.69) is 36.1 Å². The smallest absolute Gasteiger partial charge is 0.339 e. The summed E-state index contributed by atoms with van der Waals surface area (Å²) in [5.41, 5.74) is 0.863. The molecule has 0 aromatic carbocycles. The normalized spacial score (nSPS) is 11.0. The molecule has 0 spiro atoms. The first-order valence-electron chi connectivity index (χ1n) is 6.63. The molecule has 0 amide bonds. The van der Waals surface area contributed by atoms with Gasteiger partial charge in [0.15, 0.2) is 0 Å². The summed E-state index contributed by atoms with van der Waals surface area (Å²) in [6, 6.07) is 2.26. The molecule has 5 heteroatoms. The lowest BCUT2D eigenvalue weighted by atomic mass is 10.2. The molecule has 2 N–H and O–H groups in total. The highest BCUT2D eigenvalue weighted by atomic mass is 16.4. The number of carbonyl (C=O) groups is 1. The second-order valence-corrected chi connectivity index (χ2v) is 4.93. The third-order valence-electron chi connectivity index (χ3n) is 3.19. The minimum absolute atomic E-state index is 0.224. The molecule has 1 heterocycles. The van der Waals surface area contributed by atoms with Crippen molar-refractivity contribution in [1.29, 1.82) is 0 Å². The number of aromatic nitrogens is 1. The number of carboxylic acids is 1. The molecule has 106 valence electrons. The van der Waals surface area contributed by atoms with Crippen LogP contribution in [0.4, 0.5) is 5.69 Å². The fourth-order valence-electron chi connectivity index (χ4n) is 1.69. The van der Waals surface area contributed by atoms with E-state index >= 15 is 0 Å². The van der Waals surface area contributed by atoms with Gasteiger partial charge in [0.25, 0.3) is 0 Å². The summed E-state index contributed by atoms with van der Waals surface area (Å²) in [5.74, 6) is -0.949. The topological polar surface area (TPSA) is 65.5 Å². The Morgan fingerprint density at radius 3 is 2.84 bits per heavy atom. The van der Waals surface area contributed by atoms with Crippen molar-refractivity contribution in [3.63, 3.8) is 0 Å². The molecule has 19 heavy (non-hydrogen) atoms. The number of rotatable bonds is 8. The summed E-state index contributed by atoms with van der Waals surface area (Å²) < 4.78 is 0. The lowest BCUT2D eigenvalue weighted by Crippen LogP contribution is -2.27. The molecule has 0 saturated carbocycles. The van der Waals surface area contributed by atoms with Crippen LogP contribution in [-0.2, 0) is 0 Å². The van der Waals surface area contributed by atoms with Crippen LogP contribution in [-0.4, -0.2) is 47.1 Å². The first-order chi connectivity index (χ1) is 9.02. The summed E-state index contributed by atoms with van der Waals surface area (Å²) in [5, 5.41) is 12.2. The van der Waals surface area contributed by atoms with Crippen molar-refractivity contribution in [2.24, 2.45) is 0 Å². The second kappa shape index (κ2) is 7.74. The molecular weight excluding hydrogens is 242 g/mol. The third kappa shape index (κ3) is 5.26. The fraction of sp³-hybridized carbons (Fsp3) is 0.571. The van der Waals surface area contributed by atoms with Crippen molar-refractivity contribution in [2.45, 2.75) is 32.7 Å². The second-order valence-electron chi connectivity index (χ2n) is 4.93. The molecule has 0 saturated heterocycles. The molecule has 1 aromatic rings. The maximum absolute atomic E-state index is 11.0. The molecule has 5 nitrogen and oxygen atoms in total. The van der Waals surface area contributed by atoms with Crippen LogP contribution in [0, 0.1) is 0 Å². The number of nitrogens with one attached hydrogen (secondary N) is 1. The third-order valence-corrected chi connectivity index (χ3v) is 3.19. The molecule has 0 aliphatic carbocycles. The predicted octanol–water partition coefficient (Wildman–Crippen LogP) is 2.31. The number of anilines is 1. The van der Waals surface area contributed by atoms with Crippen molar-refractivity contribution >= 4 is 11.7 Å². The Morgan fingerprint density at radius 1 is 1.47 bits per heavy atom. The van der Waals surface area contributed by atoms with Crippen molar-refractivity contribution in [1.82, 2.24) is 9.88 Å². The van der Waals surface area contributed by atoms with Crippen LogP contribution in [0.15, 0.2) is 18.5 Å². The van der Waals surface area contributed by atoms with E-state index in [1.165, 1.54) is 6.20 Å². The molecule has 1 aromatic heterocycles. The first-order valence-corrected chi connectivity index (χ1v) is 6.63. The molecule has 0 atom stereocenters. The van der Waals surface area contributed by atoms with Crippen LogP contribution < -0.4 is 5.32 Å². The van der Waals surface area contributed by atoms with Crippen molar-refractivity contribution in [3.05, 3.63) is 24.0 Å². The molecule has 0 aliphatic heterocycles. The SMILES string of the molecule is CC(C)N(C)CCCCNc1ccncc1C(=O)O. The lowest BCUT2D eigenvalue weighted by Gasteiger charge is -2.20. The first kappa shape index (κ1) is 15.4. The van der Waals surface area contributed by atoms with Gasteiger partial charge in [-0.05, 0) is 46.3 Å². The van der Waals surface area contributed by atoms with Gasteiger partial charge in [-0.25, -0.2) is 4.79 Å². The van der Waals surface area contributed by atoms with E-state index in [0.29, 0.717) is 11.7 Å². The number of nitrogens with zero attached hydrogens (tertiary/aromatic N) is 2. The quantitative estimate of drug-likeness (QED) is 0.706. The van der Waals surface area contributed by atoms with E-state index in [0.717, 1.165) is 25.9 Å². The number of hydrogen-bond donors (Lipinski definition) is 2. The zero-order chi connectivity index (χ0) is 14.3. The van der Waals surface area contributed by atoms with E-state index in [-0.39, 0.29) is 5.56 Å². The zero-order valence-electron chi connectivity index (χ0n) is 11.9. The molecule has 0 unspecified atom stereocenters. The zero-order valence-corrected chi connectivity index (χ0v) is 11.9. The Bertz CT molecular complexity index is 407. The minimum atomic E-state index is -0.949. The number of hydrogen-bond acceptors (Lipinski definition) is 4. The Labute approximate surface area is 114 Å². The van der Waals surface area contributed by atoms with Gasteiger partial charge >= 0.3 is 5.97 Å². The van der Waals surface area contributed by atoms with Crippen LogP contribution >= 0.6 is 0 Å². The van der Waals surface area contributed by atoms with Crippen molar-refractivity contribution < 1.29 is 9.90 Å². The van der Waals surface area contributed by atoms with Gasteiger partial charge < -0.3 is 15.3 Å². The molecule has 0 aliphatic rings. The molecular formula is C14H23N3O2. The van der Waals surface area contributed by atoms with E-state index in [1.807, 2.05) is 0 Å². The Kier molecular flexibility index (Phi) is 6.29. The summed E-state index contributed by atoms with van der Waals surface area (Å²) >= 11 is 0. The van der Waals surface area contributed by atoms with Crippen LogP contribution in [0.3, 0.4) is 0 Å². The van der Waals surface area contributed by atoms with Crippen molar-refractivity contribution in [3.8, 4) is 0 Å². The highest BCUT2D eigenvalue weighted by Gasteiger charge is 2.08. The maximum atomic E-state index is 11.0. The van der Waals surface area contributed by atoms with E-state index < -0.39 is 5.97 Å². The van der Waals surface area contributed by atoms with Gasteiger partial charge in [-0.2, -0.15) is 0 Å². The van der Waals surface area contributed by atoms with Gasteiger partial charge in [0, 0.05) is 25.0 Å². The van der Waals surface area contributed by atoms with Gasteiger partial charge in [0.1, 0.15) is 5.56 Å². The number of aromatic carboxylic acids is 1. The summed E-state index contributed by atoms with van der Waals surface area (Å²) in [4.78, 5) is 17.1. The van der Waals surface area contributed by atoms with Crippen molar-refractivity contribution in [2.75, 3.05) is 25.5 Å². The van der Waals surface area contributed by atoms with Gasteiger partial charge in [-0.3, -0.25) is 4.98 Å². The summed E-state index contributed by atoms with van der Waals surface area (Å²) in [6.07, 6.45) is 5.08. The van der Waals surface area contributed by atoms with Gasteiger partial charge in [0.05, 0.1) is 5.69 Å². The van der Waals surface area contributed by atoms with E-state index in [9.17, 15) is 4.79 Å². The number of unbranched alkanes of at least 4 members (excludes halogenated alkanes) is 1. The Morgan fingerprint density at radius 2 is 2.21 bits per heavy atom. The Hall–Kier alpha value is -1.62. The predicted molar refractivity (Wildman–Crippen MR) is 76.7 cm³/mol. The maximum Gasteiger partial charge on any atom is 0.339 e. The standard InChI is InChI=1S/C14H23N3O2/c1-11(2)17(3)9-5-4-7-16-13-6-8-15-10-12(13)14(18)19/h6,8,10-11H,4-5,7,9H2,1-3H3,(H,15,16)(H,18,19). The minimum Gasteiger partial charge on any atom is -0.478 e. The van der Waals surface area contributed by atoms with Gasteiger partial charge in [0.2, 0.25) is 0 Å². The Balaban J connectivity index is 2.32. The average Bonchev–Trinajstić information content (AvgIpc) is 2.38. The lowest BCUT2D eigenvalue weighted by molar-refractivity contribution is 0.0697. The van der Waals surface area contributed by atoms with Gasteiger partial charge in [-0.1, -0.05) is 0 Å². The summed E-state index contributed by atoms with van der Waals surface area (Å²) in [7, 11) is 2.11. The van der Waals surface area contributed by atoms with Gasteiger partial charge in [-0.15, -0.1) is 0 Å². The van der Waals surface area contributed by atoms with E-state index in [4.69, 9.17) is 5.11 Å². The largest absolute Gasteiger partial charge is 0.478 e. The number of pyridine rings is 1. The molecule has 0 bridgehead atoms. The average molecular weight is 265 g/mol. The van der Waals surface area contributed by atoms with Crippen LogP contribution in [0.1, 0.15) is 37.0 Å². The molecule has 0 fully saturated rings. The highest BCUT2D eigenvalue weighted by molar-refractivity contribution is 5.93. The van der Waals surface area contributed by atoms with Crippen LogP contribution in [0.2, 0.25) is 0 Å². The highest BCUT2D eigenvalue weighted by Crippen LogP contribution is 2.13.